The molecule has 0 bridgehead atoms. The van der Waals surface area contributed by atoms with E-state index >= 15 is 0 Å². The first-order chi connectivity index (χ1) is 19.1. The van der Waals surface area contributed by atoms with Crippen molar-refractivity contribution in [3.05, 3.63) is 65.4 Å². The van der Waals surface area contributed by atoms with Crippen molar-refractivity contribution in [3.63, 3.8) is 0 Å². The van der Waals surface area contributed by atoms with Gasteiger partial charge in [0.25, 0.3) is 5.91 Å². The van der Waals surface area contributed by atoms with Crippen molar-refractivity contribution < 1.29 is 33.6 Å². The smallest absolute Gasteiger partial charge is 0.288 e. The highest BCUT2D eigenvalue weighted by Gasteiger charge is 2.39. The summed E-state index contributed by atoms with van der Waals surface area (Å²) in [6.07, 6.45) is 2.73. The Morgan fingerprint density at radius 1 is 1.05 bits per heavy atom. The lowest BCUT2D eigenvalue weighted by molar-refractivity contribution is -0.171. The molecule has 1 fully saturated rings. The van der Waals surface area contributed by atoms with Crippen LogP contribution in [-0.4, -0.2) is 80.4 Å². The molecule has 1 amide bonds. The largest absolute Gasteiger partial charge is 0.497 e. The normalized spacial score (nSPS) is 22.8. The molecule has 39 heavy (non-hydrogen) atoms. The fourth-order valence-electron chi connectivity index (χ4n) is 5.53. The lowest BCUT2D eigenvalue weighted by atomic mass is 9.80. The van der Waals surface area contributed by atoms with Gasteiger partial charge < -0.3 is 33.7 Å². The van der Waals surface area contributed by atoms with Crippen molar-refractivity contribution in [2.75, 3.05) is 53.3 Å². The lowest BCUT2D eigenvalue weighted by Crippen LogP contribution is -2.49. The molecule has 210 valence electrons. The zero-order valence-corrected chi connectivity index (χ0v) is 22.7. The number of carbonyl (C=O) groups is 1. The summed E-state index contributed by atoms with van der Waals surface area (Å²) < 4.78 is 28.5. The van der Waals surface area contributed by atoms with E-state index in [0.29, 0.717) is 38.3 Å². The van der Waals surface area contributed by atoms with E-state index in [4.69, 9.17) is 23.7 Å². The van der Waals surface area contributed by atoms with E-state index < -0.39 is 6.29 Å². The number of ether oxygens (including phenoxy) is 5. The van der Waals surface area contributed by atoms with Crippen molar-refractivity contribution in [3.8, 4) is 17.2 Å². The van der Waals surface area contributed by atoms with Gasteiger partial charge in [-0.1, -0.05) is 18.2 Å². The van der Waals surface area contributed by atoms with Crippen molar-refractivity contribution in [1.29, 1.82) is 0 Å². The van der Waals surface area contributed by atoms with Gasteiger partial charge in [-0.3, -0.25) is 9.69 Å². The molecule has 0 aromatic heterocycles. The molecule has 2 aromatic carbocycles. The number of benzene rings is 2. The third-order valence-electron chi connectivity index (χ3n) is 7.63. The molecule has 3 heterocycles. The van der Waals surface area contributed by atoms with Crippen molar-refractivity contribution in [2.45, 2.75) is 38.5 Å². The second-order valence-electron chi connectivity index (χ2n) is 10.1. The molecule has 3 aliphatic heterocycles. The fraction of sp³-hybridized carbons (Fsp3) is 0.500. The molecule has 3 aliphatic rings. The van der Waals surface area contributed by atoms with Crippen LogP contribution in [-0.2, 0) is 20.8 Å². The number of rotatable bonds is 10. The maximum absolute atomic E-state index is 13.7. The van der Waals surface area contributed by atoms with Crippen LogP contribution in [0.4, 0.5) is 0 Å². The zero-order chi connectivity index (χ0) is 27.2. The SMILES string of the molecule is CCO[C@@H]1OC(C(=O)N2CCN(Cc3ccc4c(c3)OCO4)CC2)=C[C@H](c2ccc(OC)cc2)[C@@H]1CCCO. The number of hydrogen-bond acceptors (Lipinski definition) is 8. The highest BCUT2D eigenvalue weighted by Crippen LogP contribution is 2.40. The van der Waals surface area contributed by atoms with Crippen LogP contribution in [0.3, 0.4) is 0 Å². The van der Waals surface area contributed by atoms with Crippen molar-refractivity contribution in [1.82, 2.24) is 9.80 Å². The Morgan fingerprint density at radius 2 is 1.82 bits per heavy atom. The number of allylic oxidation sites excluding steroid dienone is 1. The molecule has 0 aliphatic carbocycles. The molecule has 9 nitrogen and oxygen atoms in total. The average Bonchev–Trinajstić information content (AvgIpc) is 3.44. The van der Waals surface area contributed by atoms with Crippen LogP contribution < -0.4 is 14.2 Å². The quantitative estimate of drug-likeness (QED) is 0.492. The number of aliphatic hydroxyl groups is 1. The highest BCUT2D eigenvalue weighted by atomic mass is 16.7. The number of carbonyl (C=O) groups excluding carboxylic acids is 1. The maximum Gasteiger partial charge on any atom is 0.288 e. The highest BCUT2D eigenvalue weighted by molar-refractivity contribution is 5.92. The van der Waals surface area contributed by atoms with E-state index in [0.717, 1.165) is 48.0 Å². The van der Waals surface area contributed by atoms with Gasteiger partial charge in [0.15, 0.2) is 17.3 Å². The van der Waals surface area contributed by atoms with Crippen LogP contribution in [0.25, 0.3) is 0 Å². The minimum atomic E-state index is -0.565. The number of methoxy groups -OCH3 is 1. The third-order valence-corrected chi connectivity index (χ3v) is 7.63. The molecule has 5 rings (SSSR count). The number of hydrogen-bond donors (Lipinski definition) is 1. The summed E-state index contributed by atoms with van der Waals surface area (Å²) in [5.74, 6) is 2.46. The van der Waals surface area contributed by atoms with E-state index in [-0.39, 0.29) is 31.1 Å². The predicted octanol–water partition coefficient (Wildman–Crippen LogP) is 3.52. The second kappa shape index (κ2) is 12.7. The Labute approximate surface area is 229 Å². The summed E-state index contributed by atoms with van der Waals surface area (Å²) >= 11 is 0. The van der Waals surface area contributed by atoms with Gasteiger partial charge in [-0.15, -0.1) is 0 Å². The number of amides is 1. The Hall–Kier alpha value is -3.27. The summed E-state index contributed by atoms with van der Waals surface area (Å²) in [7, 11) is 1.64. The minimum Gasteiger partial charge on any atom is -0.497 e. The summed E-state index contributed by atoms with van der Waals surface area (Å²) in [5, 5.41) is 9.51. The first-order valence-electron chi connectivity index (χ1n) is 13.7. The molecule has 0 radical (unpaired) electrons. The molecule has 3 atom stereocenters. The maximum atomic E-state index is 13.7. The summed E-state index contributed by atoms with van der Waals surface area (Å²) in [5.41, 5.74) is 2.22. The van der Waals surface area contributed by atoms with Gasteiger partial charge in [-0.2, -0.15) is 0 Å². The van der Waals surface area contributed by atoms with E-state index in [2.05, 4.69) is 11.0 Å². The molecular weight excluding hydrogens is 500 g/mol. The first kappa shape index (κ1) is 27.3. The zero-order valence-electron chi connectivity index (χ0n) is 22.7. The van der Waals surface area contributed by atoms with E-state index in [1.165, 1.54) is 0 Å². The standard InChI is InChI=1S/C30H38N2O7/c1-3-36-30-24(5-4-16-33)25(22-7-9-23(35-2)10-8-22)18-28(39-30)29(34)32-14-12-31(13-15-32)19-21-6-11-26-27(17-21)38-20-37-26/h6-11,17-18,24-25,30,33H,3-5,12-16,19-20H2,1-2H3/t24-,25+,30+/m0/s1. The molecule has 0 spiro atoms. The molecule has 1 N–H and O–H groups in total. The van der Waals surface area contributed by atoms with Crippen LogP contribution in [0.1, 0.15) is 36.8 Å². The fourth-order valence-corrected chi connectivity index (χ4v) is 5.53. The van der Waals surface area contributed by atoms with Crippen LogP contribution in [0, 0.1) is 5.92 Å². The molecule has 2 aromatic rings. The van der Waals surface area contributed by atoms with Crippen LogP contribution in [0.5, 0.6) is 17.2 Å². The number of nitrogens with zero attached hydrogens (tertiary/aromatic N) is 2. The van der Waals surface area contributed by atoms with Crippen molar-refractivity contribution in [2.24, 2.45) is 5.92 Å². The number of fused-ring (bicyclic) bond motifs is 1. The Morgan fingerprint density at radius 3 is 2.54 bits per heavy atom. The number of aliphatic hydroxyl groups excluding tert-OH is 1. The Bertz CT molecular complexity index is 1140. The van der Waals surface area contributed by atoms with Crippen LogP contribution in [0.15, 0.2) is 54.3 Å². The van der Waals surface area contributed by atoms with Gasteiger partial charge in [0.1, 0.15) is 5.75 Å². The second-order valence-corrected chi connectivity index (χ2v) is 10.1. The van der Waals surface area contributed by atoms with E-state index in [9.17, 15) is 9.90 Å². The van der Waals surface area contributed by atoms with E-state index in [1.54, 1.807) is 7.11 Å². The topological polar surface area (TPSA) is 89.9 Å². The van der Waals surface area contributed by atoms with Gasteiger partial charge in [0, 0.05) is 57.8 Å². The third kappa shape index (κ3) is 6.32. The molecule has 1 saturated heterocycles. The minimum absolute atomic E-state index is 0.0272. The van der Waals surface area contributed by atoms with Gasteiger partial charge in [-0.25, -0.2) is 0 Å². The summed E-state index contributed by atoms with van der Waals surface area (Å²) in [4.78, 5) is 17.9. The molecular formula is C30H38N2O7. The molecule has 0 unspecified atom stereocenters. The Balaban J connectivity index is 1.28. The van der Waals surface area contributed by atoms with Gasteiger partial charge >= 0.3 is 0 Å². The lowest BCUT2D eigenvalue weighted by Gasteiger charge is -2.39. The van der Waals surface area contributed by atoms with Gasteiger partial charge in [0.2, 0.25) is 13.1 Å². The summed E-state index contributed by atoms with van der Waals surface area (Å²) in [6, 6.07) is 13.9. The van der Waals surface area contributed by atoms with E-state index in [1.807, 2.05) is 54.3 Å². The first-order valence-corrected chi connectivity index (χ1v) is 13.7. The van der Waals surface area contributed by atoms with Crippen LogP contribution >= 0.6 is 0 Å². The van der Waals surface area contributed by atoms with Crippen LogP contribution in [0.2, 0.25) is 0 Å². The molecule has 9 heteroatoms. The Kier molecular flexibility index (Phi) is 8.91. The van der Waals surface area contributed by atoms with Gasteiger partial charge in [0.05, 0.1) is 7.11 Å². The predicted molar refractivity (Wildman–Crippen MR) is 145 cm³/mol. The van der Waals surface area contributed by atoms with Crippen molar-refractivity contribution >= 4 is 5.91 Å². The summed E-state index contributed by atoms with van der Waals surface area (Å²) in [6.45, 7) is 6.31. The number of piperazine rings is 1. The van der Waals surface area contributed by atoms with Gasteiger partial charge in [-0.05, 0) is 61.2 Å². The monoisotopic (exact) mass is 538 g/mol. The average molecular weight is 539 g/mol. The molecule has 0 saturated carbocycles.